The summed E-state index contributed by atoms with van der Waals surface area (Å²) >= 11 is 0. The second-order valence-electron chi connectivity index (χ2n) is 3.39. The number of rotatable bonds is 3. The first-order chi connectivity index (χ1) is 8.31. The number of hydrogen-bond acceptors (Lipinski definition) is 3. The minimum Gasteiger partial charge on any atom is -0.465 e. The number of carbonyl (C=O) groups is 1. The summed E-state index contributed by atoms with van der Waals surface area (Å²) in [5.74, 6) is -0.383. The van der Waals surface area contributed by atoms with Gasteiger partial charge in [-0.3, -0.25) is 0 Å². The van der Waals surface area contributed by atoms with Crippen molar-refractivity contribution in [2.45, 2.75) is 0 Å². The standard InChI is InChI=1S/C13H12N2O2/c1-17-13(16)12(10-15-9-5-8-14-15)11-6-3-2-4-7-11/h2-10H,1H3/b12-10-. The Morgan fingerprint density at radius 3 is 2.65 bits per heavy atom. The van der Waals surface area contributed by atoms with Crippen LogP contribution in [-0.2, 0) is 9.53 Å². The molecule has 1 aromatic carbocycles. The van der Waals surface area contributed by atoms with E-state index in [4.69, 9.17) is 4.74 Å². The van der Waals surface area contributed by atoms with Crippen LogP contribution in [0.1, 0.15) is 5.56 Å². The van der Waals surface area contributed by atoms with Crippen molar-refractivity contribution in [3.05, 3.63) is 54.4 Å². The summed E-state index contributed by atoms with van der Waals surface area (Å²) in [5, 5.41) is 4.03. The third-order valence-corrected chi connectivity index (χ3v) is 2.28. The summed E-state index contributed by atoms with van der Waals surface area (Å²) < 4.78 is 6.34. The predicted molar refractivity (Wildman–Crippen MR) is 64.9 cm³/mol. The maximum Gasteiger partial charge on any atom is 0.340 e. The van der Waals surface area contributed by atoms with E-state index in [0.717, 1.165) is 5.56 Å². The van der Waals surface area contributed by atoms with Crippen molar-refractivity contribution >= 4 is 17.7 Å². The first kappa shape index (κ1) is 11.1. The minimum atomic E-state index is -0.383. The Morgan fingerprint density at radius 1 is 1.29 bits per heavy atom. The molecule has 4 nitrogen and oxygen atoms in total. The fourth-order valence-corrected chi connectivity index (χ4v) is 1.46. The molecular weight excluding hydrogens is 216 g/mol. The zero-order valence-electron chi connectivity index (χ0n) is 9.41. The number of ether oxygens (including phenoxy) is 1. The predicted octanol–water partition coefficient (Wildman–Crippen LogP) is 2.05. The first-order valence-corrected chi connectivity index (χ1v) is 5.16. The lowest BCUT2D eigenvalue weighted by atomic mass is 10.1. The van der Waals surface area contributed by atoms with Crippen LogP contribution in [0.5, 0.6) is 0 Å². The van der Waals surface area contributed by atoms with Gasteiger partial charge in [-0.15, -0.1) is 0 Å². The molecule has 2 rings (SSSR count). The summed E-state index contributed by atoms with van der Waals surface area (Å²) in [6, 6.07) is 11.1. The molecule has 0 saturated carbocycles. The van der Waals surface area contributed by atoms with E-state index in [9.17, 15) is 4.79 Å². The van der Waals surface area contributed by atoms with Crippen LogP contribution in [0.3, 0.4) is 0 Å². The van der Waals surface area contributed by atoms with Gasteiger partial charge in [0.15, 0.2) is 0 Å². The minimum absolute atomic E-state index is 0.383. The average Bonchev–Trinajstić information content (AvgIpc) is 2.89. The Bertz CT molecular complexity index is 516. The Morgan fingerprint density at radius 2 is 2.06 bits per heavy atom. The number of nitrogens with zero attached hydrogens (tertiary/aromatic N) is 2. The van der Waals surface area contributed by atoms with Crippen molar-refractivity contribution in [3.63, 3.8) is 0 Å². The van der Waals surface area contributed by atoms with Crippen molar-refractivity contribution in [3.8, 4) is 0 Å². The van der Waals surface area contributed by atoms with Crippen LogP contribution in [-0.4, -0.2) is 22.9 Å². The summed E-state index contributed by atoms with van der Waals surface area (Å²) in [6.45, 7) is 0. The SMILES string of the molecule is COC(=O)/C(=C\n1cccn1)c1ccccc1. The van der Waals surface area contributed by atoms with E-state index in [-0.39, 0.29) is 5.97 Å². The van der Waals surface area contributed by atoms with Gasteiger partial charge in [-0.2, -0.15) is 5.10 Å². The molecule has 0 radical (unpaired) electrons. The molecule has 0 aliphatic heterocycles. The van der Waals surface area contributed by atoms with E-state index >= 15 is 0 Å². The van der Waals surface area contributed by atoms with Crippen molar-refractivity contribution in [1.82, 2.24) is 9.78 Å². The average molecular weight is 228 g/mol. The summed E-state index contributed by atoms with van der Waals surface area (Å²) in [6.07, 6.45) is 5.05. The van der Waals surface area contributed by atoms with Gasteiger partial charge in [-0.05, 0) is 11.6 Å². The molecule has 0 bridgehead atoms. The van der Waals surface area contributed by atoms with Crippen LogP contribution < -0.4 is 0 Å². The molecule has 0 fully saturated rings. The number of carbonyl (C=O) groups excluding carboxylic acids is 1. The Kier molecular flexibility index (Phi) is 3.35. The smallest absolute Gasteiger partial charge is 0.340 e. The van der Waals surface area contributed by atoms with Crippen molar-refractivity contribution in [2.24, 2.45) is 0 Å². The molecule has 0 atom stereocenters. The lowest BCUT2D eigenvalue weighted by Gasteiger charge is -2.05. The number of hydrogen-bond donors (Lipinski definition) is 0. The van der Waals surface area contributed by atoms with Gasteiger partial charge in [0.05, 0.1) is 12.7 Å². The fraction of sp³-hybridized carbons (Fsp3) is 0.0769. The maximum absolute atomic E-state index is 11.7. The Hall–Kier alpha value is -2.36. The lowest BCUT2D eigenvalue weighted by Crippen LogP contribution is -2.05. The second-order valence-corrected chi connectivity index (χ2v) is 3.39. The molecule has 17 heavy (non-hydrogen) atoms. The van der Waals surface area contributed by atoms with Crippen molar-refractivity contribution < 1.29 is 9.53 Å². The molecule has 0 amide bonds. The largest absolute Gasteiger partial charge is 0.465 e. The molecule has 1 aromatic heterocycles. The van der Waals surface area contributed by atoms with E-state index in [1.807, 2.05) is 30.3 Å². The highest BCUT2D eigenvalue weighted by Gasteiger charge is 2.12. The van der Waals surface area contributed by atoms with Crippen molar-refractivity contribution in [1.29, 1.82) is 0 Å². The van der Waals surface area contributed by atoms with E-state index in [0.29, 0.717) is 5.57 Å². The maximum atomic E-state index is 11.7. The van der Waals surface area contributed by atoms with Crippen LogP contribution >= 0.6 is 0 Å². The molecule has 2 aromatic rings. The van der Waals surface area contributed by atoms with Crippen LogP contribution in [0.2, 0.25) is 0 Å². The molecule has 0 aliphatic carbocycles. The van der Waals surface area contributed by atoms with Gasteiger partial charge in [0.1, 0.15) is 0 Å². The molecule has 1 heterocycles. The quantitative estimate of drug-likeness (QED) is 0.596. The summed E-state index contributed by atoms with van der Waals surface area (Å²) in [7, 11) is 1.36. The number of aromatic nitrogens is 2. The Labute approximate surface area is 99.1 Å². The molecule has 0 aliphatic rings. The topological polar surface area (TPSA) is 44.1 Å². The van der Waals surface area contributed by atoms with Gasteiger partial charge in [-0.25, -0.2) is 9.48 Å². The van der Waals surface area contributed by atoms with Gasteiger partial charge in [-0.1, -0.05) is 30.3 Å². The molecule has 0 saturated heterocycles. The number of methoxy groups -OCH3 is 1. The van der Waals surface area contributed by atoms with Gasteiger partial charge < -0.3 is 4.74 Å². The molecule has 0 unspecified atom stereocenters. The fourth-order valence-electron chi connectivity index (χ4n) is 1.46. The zero-order chi connectivity index (χ0) is 12.1. The highest BCUT2D eigenvalue weighted by atomic mass is 16.5. The molecule has 0 N–H and O–H groups in total. The van der Waals surface area contributed by atoms with E-state index in [2.05, 4.69) is 5.10 Å². The molecule has 86 valence electrons. The molecular formula is C13H12N2O2. The summed E-state index contributed by atoms with van der Waals surface area (Å²) in [4.78, 5) is 11.7. The van der Waals surface area contributed by atoms with Crippen LogP contribution in [0.15, 0.2) is 48.8 Å². The van der Waals surface area contributed by atoms with Crippen LogP contribution in [0.25, 0.3) is 11.8 Å². The van der Waals surface area contributed by atoms with Gasteiger partial charge in [0, 0.05) is 18.6 Å². The van der Waals surface area contributed by atoms with Crippen LogP contribution in [0, 0.1) is 0 Å². The third-order valence-electron chi connectivity index (χ3n) is 2.28. The van der Waals surface area contributed by atoms with Crippen molar-refractivity contribution in [2.75, 3.05) is 7.11 Å². The monoisotopic (exact) mass is 228 g/mol. The second kappa shape index (κ2) is 5.12. The van der Waals surface area contributed by atoms with Crippen LogP contribution in [0.4, 0.5) is 0 Å². The van der Waals surface area contributed by atoms with E-state index in [1.54, 1.807) is 29.3 Å². The lowest BCUT2D eigenvalue weighted by molar-refractivity contribution is -0.133. The molecule has 4 heteroatoms. The normalized spacial score (nSPS) is 11.2. The van der Waals surface area contributed by atoms with Gasteiger partial charge in [0.2, 0.25) is 0 Å². The van der Waals surface area contributed by atoms with Gasteiger partial charge in [0.25, 0.3) is 0 Å². The van der Waals surface area contributed by atoms with E-state index < -0.39 is 0 Å². The number of benzene rings is 1. The number of esters is 1. The highest BCUT2D eigenvalue weighted by molar-refractivity contribution is 6.20. The van der Waals surface area contributed by atoms with E-state index in [1.165, 1.54) is 7.11 Å². The zero-order valence-corrected chi connectivity index (χ0v) is 9.41. The highest BCUT2D eigenvalue weighted by Crippen LogP contribution is 2.16. The van der Waals surface area contributed by atoms with Gasteiger partial charge >= 0.3 is 5.97 Å². The summed E-state index contributed by atoms with van der Waals surface area (Å²) in [5.41, 5.74) is 1.27. The first-order valence-electron chi connectivity index (χ1n) is 5.16. The molecule has 0 spiro atoms. The third kappa shape index (κ3) is 2.60. The Balaban J connectivity index is 2.43.